The average molecular weight is 275 g/mol. The number of hydrogen-bond acceptors (Lipinski definition) is 3. The third-order valence-corrected chi connectivity index (χ3v) is 3.49. The number of aromatic amines is 2. The third kappa shape index (κ3) is 2.29. The Kier molecular flexibility index (Phi) is 2.81. The minimum Gasteiger partial charge on any atom is -0.481 e. The third-order valence-electron chi connectivity index (χ3n) is 3.49. The Morgan fingerprint density at radius 2 is 2.00 bits per heavy atom. The second kappa shape index (κ2) is 4.52. The molecule has 0 saturated heterocycles. The van der Waals surface area contributed by atoms with E-state index in [0.29, 0.717) is 24.0 Å². The topological polar surface area (TPSA) is 115 Å². The van der Waals surface area contributed by atoms with Gasteiger partial charge in [0.15, 0.2) is 0 Å². The van der Waals surface area contributed by atoms with Crippen LogP contribution in [0, 0.1) is 11.8 Å². The first kappa shape index (κ1) is 12.5. The van der Waals surface area contributed by atoms with E-state index >= 15 is 0 Å². The van der Waals surface area contributed by atoms with E-state index in [1.54, 1.807) is 18.2 Å². The van der Waals surface area contributed by atoms with Crippen LogP contribution in [0.2, 0.25) is 0 Å². The molecule has 1 aromatic carbocycles. The van der Waals surface area contributed by atoms with Crippen molar-refractivity contribution in [2.24, 2.45) is 11.8 Å². The van der Waals surface area contributed by atoms with Crippen LogP contribution in [0.15, 0.2) is 23.0 Å². The number of hydrogen-bond donors (Lipinski definition) is 4. The second-order valence-corrected chi connectivity index (χ2v) is 4.96. The van der Waals surface area contributed by atoms with Gasteiger partial charge in [0.05, 0.1) is 22.9 Å². The Balaban J connectivity index is 1.64. The molecule has 1 aliphatic carbocycles. The molecule has 7 heteroatoms. The van der Waals surface area contributed by atoms with Crippen LogP contribution in [0.25, 0.3) is 11.0 Å². The van der Waals surface area contributed by atoms with E-state index in [9.17, 15) is 14.4 Å². The summed E-state index contributed by atoms with van der Waals surface area (Å²) in [6.07, 6.45) is 0.408. The number of aliphatic carboxylic acids is 1. The van der Waals surface area contributed by atoms with E-state index in [1.807, 2.05) is 0 Å². The second-order valence-electron chi connectivity index (χ2n) is 4.96. The molecule has 0 spiro atoms. The summed E-state index contributed by atoms with van der Waals surface area (Å²) in [6.45, 7) is 0.310. The minimum atomic E-state index is -0.920. The van der Waals surface area contributed by atoms with Crippen LogP contribution >= 0.6 is 0 Å². The van der Waals surface area contributed by atoms with Crippen LogP contribution in [0.1, 0.15) is 12.0 Å². The average Bonchev–Trinajstić information content (AvgIpc) is 3.12. The van der Waals surface area contributed by atoms with Gasteiger partial charge in [-0.05, 0) is 24.1 Å². The maximum absolute atomic E-state index is 11.7. The van der Waals surface area contributed by atoms with Crippen molar-refractivity contribution in [3.05, 3.63) is 34.2 Å². The highest BCUT2D eigenvalue weighted by Crippen LogP contribution is 2.38. The Bertz CT molecular complexity index is 745. The van der Waals surface area contributed by atoms with Crippen molar-refractivity contribution in [2.75, 3.05) is 0 Å². The van der Waals surface area contributed by atoms with E-state index in [1.165, 1.54) is 0 Å². The number of carbonyl (C=O) groups excluding carboxylic acids is 1. The molecule has 1 fully saturated rings. The molecule has 1 aromatic heterocycles. The van der Waals surface area contributed by atoms with Crippen LogP contribution in [-0.4, -0.2) is 27.0 Å². The summed E-state index contributed by atoms with van der Waals surface area (Å²) >= 11 is 0. The number of carbonyl (C=O) groups is 2. The van der Waals surface area contributed by atoms with Gasteiger partial charge in [-0.3, -0.25) is 9.59 Å². The molecule has 3 rings (SSSR count). The lowest BCUT2D eigenvalue weighted by atomic mass is 10.2. The van der Waals surface area contributed by atoms with E-state index < -0.39 is 17.8 Å². The summed E-state index contributed by atoms with van der Waals surface area (Å²) in [5.74, 6) is -2.11. The zero-order valence-corrected chi connectivity index (χ0v) is 10.5. The van der Waals surface area contributed by atoms with Crippen LogP contribution in [-0.2, 0) is 16.1 Å². The maximum Gasteiger partial charge on any atom is 0.323 e. The van der Waals surface area contributed by atoms with Gasteiger partial charge in [0.1, 0.15) is 0 Å². The smallest absolute Gasteiger partial charge is 0.323 e. The van der Waals surface area contributed by atoms with Crippen molar-refractivity contribution in [3.8, 4) is 0 Å². The Morgan fingerprint density at radius 3 is 2.70 bits per heavy atom. The fourth-order valence-corrected chi connectivity index (χ4v) is 2.27. The summed E-state index contributed by atoms with van der Waals surface area (Å²) in [5.41, 5.74) is 1.95. The standard InChI is InChI=1S/C13H13N3O4/c17-11(7-4-8(7)12(18)19)14-5-6-1-2-9-10(3-6)16-13(20)15-9/h1-3,7-8H,4-5H2,(H,14,17)(H,18,19)(H2,15,16,20). The molecular weight excluding hydrogens is 262 g/mol. The Morgan fingerprint density at radius 1 is 1.25 bits per heavy atom. The van der Waals surface area contributed by atoms with Crippen molar-refractivity contribution in [3.63, 3.8) is 0 Å². The van der Waals surface area contributed by atoms with Gasteiger partial charge in [-0.25, -0.2) is 4.79 Å². The van der Waals surface area contributed by atoms with Crippen molar-refractivity contribution in [1.82, 2.24) is 15.3 Å². The number of aromatic nitrogens is 2. The molecule has 20 heavy (non-hydrogen) atoms. The molecule has 0 radical (unpaired) electrons. The molecule has 1 saturated carbocycles. The zero-order chi connectivity index (χ0) is 14.3. The fourth-order valence-electron chi connectivity index (χ4n) is 2.27. The number of nitrogens with one attached hydrogen (secondary N) is 3. The van der Waals surface area contributed by atoms with Gasteiger partial charge in [-0.2, -0.15) is 0 Å². The minimum absolute atomic E-state index is 0.236. The normalized spacial score (nSPS) is 20.8. The summed E-state index contributed by atoms with van der Waals surface area (Å²) in [5, 5.41) is 11.5. The van der Waals surface area contributed by atoms with Gasteiger partial charge in [-0.15, -0.1) is 0 Å². The van der Waals surface area contributed by atoms with Gasteiger partial charge < -0.3 is 20.4 Å². The number of H-pyrrole nitrogens is 2. The Hall–Kier alpha value is -2.57. The quantitative estimate of drug-likeness (QED) is 0.637. The van der Waals surface area contributed by atoms with E-state index in [4.69, 9.17) is 5.11 Å². The first-order valence-corrected chi connectivity index (χ1v) is 6.26. The highest BCUT2D eigenvalue weighted by atomic mass is 16.4. The molecule has 2 aromatic rings. The van der Waals surface area contributed by atoms with Crippen molar-refractivity contribution >= 4 is 22.9 Å². The molecule has 1 aliphatic rings. The van der Waals surface area contributed by atoms with Gasteiger partial charge in [0, 0.05) is 6.54 Å². The molecule has 4 N–H and O–H groups in total. The summed E-state index contributed by atoms with van der Waals surface area (Å²) in [4.78, 5) is 38.8. The van der Waals surface area contributed by atoms with Crippen LogP contribution in [0.5, 0.6) is 0 Å². The van der Waals surface area contributed by atoms with Crippen molar-refractivity contribution < 1.29 is 14.7 Å². The number of rotatable bonds is 4. The number of carboxylic acids is 1. The van der Waals surface area contributed by atoms with E-state index in [0.717, 1.165) is 5.56 Å². The largest absolute Gasteiger partial charge is 0.481 e. The molecule has 0 bridgehead atoms. The molecule has 7 nitrogen and oxygen atoms in total. The number of imidazole rings is 1. The highest BCUT2D eigenvalue weighted by Gasteiger charge is 2.48. The molecule has 104 valence electrons. The van der Waals surface area contributed by atoms with Gasteiger partial charge in [-0.1, -0.05) is 6.07 Å². The van der Waals surface area contributed by atoms with Gasteiger partial charge in [0.25, 0.3) is 0 Å². The van der Waals surface area contributed by atoms with E-state index in [-0.39, 0.29) is 11.6 Å². The lowest BCUT2D eigenvalue weighted by molar-refractivity contribution is -0.140. The summed E-state index contributed by atoms with van der Waals surface area (Å²) < 4.78 is 0. The van der Waals surface area contributed by atoms with Gasteiger partial charge in [0.2, 0.25) is 5.91 Å². The lowest BCUT2D eigenvalue weighted by Crippen LogP contribution is -2.25. The number of fused-ring (bicyclic) bond motifs is 1. The number of carboxylic acid groups (broad SMARTS) is 1. The van der Waals surface area contributed by atoms with Gasteiger partial charge >= 0.3 is 11.7 Å². The molecule has 2 atom stereocenters. The molecule has 1 amide bonds. The predicted octanol–water partition coefficient (Wildman–Crippen LogP) is 0.193. The van der Waals surface area contributed by atoms with Crippen LogP contribution in [0.3, 0.4) is 0 Å². The van der Waals surface area contributed by atoms with E-state index in [2.05, 4.69) is 15.3 Å². The lowest BCUT2D eigenvalue weighted by Gasteiger charge is -2.04. The fraction of sp³-hybridized carbons (Fsp3) is 0.308. The molecule has 2 unspecified atom stereocenters. The first-order chi connectivity index (χ1) is 9.54. The number of amides is 1. The zero-order valence-electron chi connectivity index (χ0n) is 10.5. The molecule has 1 heterocycles. The maximum atomic E-state index is 11.7. The van der Waals surface area contributed by atoms with Crippen molar-refractivity contribution in [2.45, 2.75) is 13.0 Å². The van der Waals surface area contributed by atoms with Crippen LogP contribution < -0.4 is 11.0 Å². The SMILES string of the molecule is O=C(O)C1CC1C(=O)NCc1ccc2[nH]c(=O)[nH]c2c1. The highest BCUT2D eigenvalue weighted by molar-refractivity contribution is 5.89. The summed E-state index contributed by atoms with van der Waals surface area (Å²) in [7, 11) is 0. The Labute approximate surface area is 113 Å². The predicted molar refractivity (Wildman–Crippen MR) is 70.0 cm³/mol. The first-order valence-electron chi connectivity index (χ1n) is 6.26. The van der Waals surface area contributed by atoms with Crippen molar-refractivity contribution in [1.29, 1.82) is 0 Å². The van der Waals surface area contributed by atoms with Crippen LogP contribution in [0.4, 0.5) is 0 Å². The molecular formula is C13H13N3O4. The monoisotopic (exact) mass is 275 g/mol. The molecule has 0 aliphatic heterocycles. The number of benzene rings is 1. The summed E-state index contributed by atoms with van der Waals surface area (Å²) in [6, 6.07) is 5.33.